The van der Waals surface area contributed by atoms with Gasteiger partial charge in [-0.2, -0.15) is 0 Å². The molecule has 4 rings (SSSR count). The highest BCUT2D eigenvalue weighted by Gasteiger charge is 2.31. The molecule has 1 atom stereocenters. The SMILES string of the molecule is O=C(C1CCc2ccccc2N1)N1CCc2ccccc21. The summed E-state index contributed by atoms with van der Waals surface area (Å²) >= 11 is 0. The normalized spacial score (nSPS) is 19.6. The van der Waals surface area contributed by atoms with Gasteiger partial charge in [-0.1, -0.05) is 36.4 Å². The molecule has 0 spiro atoms. The molecule has 0 aliphatic carbocycles. The maximum absolute atomic E-state index is 12.8. The van der Waals surface area contributed by atoms with E-state index in [1.165, 1.54) is 11.1 Å². The monoisotopic (exact) mass is 278 g/mol. The highest BCUT2D eigenvalue weighted by molar-refractivity contribution is 6.00. The van der Waals surface area contributed by atoms with E-state index in [0.717, 1.165) is 37.2 Å². The van der Waals surface area contributed by atoms with Gasteiger partial charge in [0.1, 0.15) is 6.04 Å². The van der Waals surface area contributed by atoms with E-state index < -0.39 is 0 Å². The molecule has 106 valence electrons. The van der Waals surface area contributed by atoms with Crippen LogP contribution in [0.2, 0.25) is 0 Å². The molecule has 0 saturated heterocycles. The van der Waals surface area contributed by atoms with Gasteiger partial charge in [-0.3, -0.25) is 4.79 Å². The van der Waals surface area contributed by atoms with E-state index >= 15 is 0 Å². The first-order valence-corrected chi connectivity index (χ1v) is 7.56. The number of amides is 1. The van der Waals surface area contributed by atoms with Crippen molar-refractivity contribution in [3.8, 4) is 0 Å². The zero-order valence-electron chi connectivity index (χ0n) is 11.9. The molecule has 2 aliphatic heterocycles. The second-order valence-corrected chi connectivity index (χ2v) is 5.76. The number of carbonyl (C=O) groups excluding carboxylic acids is 1. The summed E-state index contributed by atoms with van der Waals surface area (Å²) in [4.78, 5) is 14.8. The van der Waals surface area contributed by atoms with Gasteiger partial charge in [0.05, 0.1) is 0 Å². The third kappa shape index (κ3) is 2.09. The Morgan fingerprint density at radius 2 is 1.76 bits per heavy atom. The lowest BCUT2D eigenvalue weighted by Gasteiger charge is -2.29. The van der Waals surface area contributed by atoms with E-state index in [-0.39, 0.29) is 11.9 Å². The largest absolute Gasteiger partial charge is 0.373 e. The number of nitrogens with zero attached hydrogens (tertiary/aromatic N) is 1. The van der Waals surface area contributed by atoms with E-state index in [0.29, 0.717) is 0 Å². The first kappa shape index (κ1) is 12.5. The van der Waals surface area contributed by atoms with Gasteiger partial charge in [-0.05, 0) is 42.5 Å². The van der Waals surface area contributed by atoms with Crippen LogP contribution in [0.4, 0.5) is 11.4 Å². The van der Waals surface area contributed by atoms with Gasteiger partial charge in [0.15, 0.2) is 0 Å². The molecule has 1 unspecified atom stereocenters. The number of benzene rings is 2. The van der Waals surface area contributed by atoms with Crippen molar-refractivity contribution >= 4 is 17.3 Å². The molecule has 0 fully saturated rings. The molecule has 3 heteroatoms. The second-order valence-electron chi connectivity index (χ2n) is 5.76. The molecule has 0 aromatic heterocycles. The summed E-state index contributed by atoms with van der Waals surface area (Å²) in [7, 11) is 0. The Balaban J connectivity index is 1.57. The fourth-order valence-corrected chi connectivity index (χ4v) is 3.38. The molecule has 0 radical (unpaired) electrons. The average Bonchev–Trinajstić information content (AvgIpc) is 2.98. The fourth-order valence-electron chi connectivity index (χ4n) is 3.38. The summed E-state index contributed by atoms with van der Waals surface area (Å²) in [6.07, 6.45) is 2.80. The summed E-state index contributed by atoms with van der Waals surface area (Å²) in [5, 5.41) is 3.41. The summed E-state index contributed by atoms with van der Waals surface area (Å²) in [5.74, 6) is 0.203. The number of rotatable bonds is 1. The smallest absolute Gasteiger partial charge is 0.249 e. The maximum atomic E-state index is 12.8. The van der Waals surface area contributed by atoms with Crippen molar-refractivity contribution in [3.05, 3.63) is 59.7 Å². The van der Waals surface area contributed by atoms with E-state index in [9.17, 15) is 4.79 Å². The number of hydrogen-bond acceptors (Lipinski definition) is 2. The van der Waals surface area contributed by atoms with Gasteiger partial charge < -0.3 is 10.2 Å². The number of fused-ring (bicyclic) bond motifs is 2. The third-order valence-electron chi connectivity index (χ3n) is 4.50. The number of hydrogen-bond donors (Lipinski definition) is 1. The van der Waals surface area contributed by atoms with Crippen LogP contribution in [-0.2, 0) is 17.6 Å². The highest BCUT2D eigenvalue weighted by Crippen LogP contribution is 2.31. The minimum atomic E-state index is -0.106. The molecule has 2 aliphatic rings. The van der Waals surface area contributed by atoms with E-state index in [4.69, 9.17) is 0 Å². The maximum Gasteiger partial charge on any atom is 0.249 e. The summed E-state index contributed by atoms with van der Waals surface area (Å²) in [6, 6.07) is 16.4. The lowest BCUT2D eigenvalue weighted by molar-refractivity contribution is -0.119. The predicted molar refractivity (Wildman–Crippen MR) is 84.7 cm³/mol. The van der Waals surface area contributed by atoms with Crippen LogP contribution in [0.3, 0.4) is 0 Å². The Morgan fingerprint density at radius 3 is 2.67 bits per heavy atom. The third-order valence-corrected chi connectivity index (χ3v) is 4.50. The minimum Gasteiger partial charge on any atom is -0.373 e. The Labute approximate surface area is 124 Å². The fraction of sp³-hybridized carbons (Fsp3) is 0.278. The number of anilines is 2. The van der Waals surface area contributed by atoms with Crippen LogP contribution in [0, 0.1) is 0 Å². The average molecular weight is 278 g/mol. The van der Waals surface area contributed by atoms with E-state index in [2.05, 4.69) is 35.6 Å². The zero-order chi connectivity index (χ0) is 14.2. The van der Waals surface area contributed by atoms with Crippen LogP contribution < -0.4 is 10.2 Å². The quantitative estimate of drug-likeness (QED) is 0.869. The highest BCUT2D eigenvalue weighted by atomic mass is 16.2. The van der Waals surface area contributed by atoms with Gasteiger partial charge in [0.25, 0.3) is 0 Å². The molecule has 0 saturated carbocycles. The number of carbonyl (C=O) groups is 1. The van der Waals surface area contributed by atoms with Crippen LogP contribution in [0.25, 0.3) is 0 Å². The van der Waals surface area contributed by atoms with Crippen molar-refractivity contribution in [3.63, 3.8) is 0 Å². The molecular formula is C18H18N2O. The zero-order valence-corrected chi connectivity index (χ0v) is 11.9. The Hall–Kier alpha value is -2.29. The van der Waals surface area contributed by atoms with Crippen molar-refractivity contribution < 1.29 is 4.79 Å². The summed E-state index contributed by atoms with van der Waals surface area (Å²) in [6.45, 7) is 0.804. The van der Waals surface area contributed by atoms with E-state index in [1.807, 2.05) is 23.1 Å². The van der Waals surface area contributed by atoms with Crippen molar-refractivity contribution in [1.29, 1.82) is 0 Å². The molecule has 2 aromatic carbocycles. The number of para-hydroxylation sites is 2. The minimum absolute atomic E-state index is 0.106. The lowest BCUT2D eigenvalue weighted by atomic mass is 9.97. The molecular weight excluding hydrogens is 260 g/mol. The van der Waals surface area contributed by atoms with Crippen LogP contribution >= 0.6 is 0 Å². The summed E-state index contributed by atoms with van der Waals surface area (Å²) < 4.78 is 0. The van der Waals surface area contributed by atoms with Gasteiger partial charge >= 0.3 is 0 Å². The van der Waals surface area contributed by atoms with Crippen molar-refractivity contribution in [2.75, 3.05) is 16.8 Å². The molecule has 2 heterocycles. The molecule has 3 nitrogen and oxygen atoms in total. The van der Waals surface area contributed by atoms with Gasteiger partial charge in [-0.25, -0.2) is 0 Å². The first-order chi connectivity index (χ1) is 10.3. The van der Waals surface area contributed by atoms with Crippen LogP contribution in [0.1, 0.15) is 17.5 Å². The molecule has 1 amide bonds. The Bertz CT molecular complexity index is 695. The number of aryl methyl sites for hydroxylation is 1. The molecule has 0 bridgehead atoms. The predicted octanol–water partition coefficient (Wildman–Crippen LogP) is 3.00. The number of nitrogens with one attached hydrogen (secondary N) is 1. The lowest BCUT2D eigenvalue weighted by Crippen LogP contribution is -2.44. The van der Waals surface area contributed by atoms with Crippen molar-refractivity contribution in [2.24, 2.45) is 0 Å². The standard InChI is InChI=1S/C18H18N2O/c21-18(20-12-11-14-6-2-4-8-17(14)20)16-10-9-13-5-1-3-7-15(13)19-16/h1-8,16,19H,9-12H2. The first-order valence-electron chi connectivity index (χ1n) is 7.56. The van der Waals surface area contributed by atoms with E-state index in [1.54, 1.807) is 0 Å². The van der Waals surface area contributed by atoms with Crippen LogP contribution in [-0.4, -0.2) is 18.5 Å². The Kier molecular flexibility index (Phi) is 2.92. The van der Waals surface area contributed by atoms with Gasteiger partial charge in [0.2, 0.25) is 5.91 Å². The summed E-state index contributed by atoms with van der Waals surface area (Å²) in [5.41, 5.74) is 4.78. The molecule has 1 N–H and O–H groups in total. The molecule has 21 heavy (non-hydrogen) atoms. The Morgan fingerprint density at radius 1 is 1.00 bits per heavy atom. The van der Waals surface area contributed by atoms with Gasteiger partial charge in [0, 0.05) is 17.9 Å². The topological polar surface area (TPSA) is 32.3 Å². The molecule has 2 aromatic rings. The van der Waals surface area contributed by atoms with Crippen molar-refractivity contribution in [2.45, 2.75) is 25.3 Å². The van der Waals surface area contributed by atoms with Crippen LogP contribution in [0.15, 0.2) is 48.5 Å². The van der Waals surface area contributed by atoms with Gasteiger partial charge in [-0.15, -0.1) is 0 Å². The van der Waals surface area contributed by atoms with Crippen molar-refractivity contribution in [1.82, 2.24) is 0 Å². The van der Waals surface area contributed by atoms with Crippen LogP contribution in [0.5, 0.6) is 0 Å². The second kappa shape index (κ2) is 4.92.